The maximum atomic E-state index is 12.9. The first-order valence-corrected chi connectivity index (χ1v) is 12.5. The lowest BCUT2D eigenvalue weighted by Crippen LogP contribution is -2.46. The maximum absolute atomic E-state index is 12.9. The van der Waals surface area contributed by atoms with E-state index >= 15 is 0 Å². The van der Waals surface area contributed by atoms with Gasteiger partial charge in [0.05, 0.1) is 5.69 Å². The van der Waals surface area contributed by atoms with Gasteiger partial charge in [-0.1, -0.05) is 12.1 Å². The second kappa shape index (κ2) is 10.3. The van der Waals surface area contributed by atoms with Crippen LogP contribution in [0.5, 0.6) is 0 Å². The molecule has 3 heterocycles. The van der Waals surface area contributed by atoms with Gasteiger partial charge in [-0.3, -0.25) is 9.59 Å². The number of hydrogen-bond donors (Lipinski definition) is 1. The smallest absolute Gasteiger partial charge is 0.298 e. The molecule has 0 unspecified atom stereocenters. The van der Waals surface area contributed by atoms with E-state index in [9.17, 15) is 9.59 Å². The van der Waals surface area contributed by atoms with Crippen LogP contribution in [-0.4, -0.2) is 47.4 Å². The number of Topliss-reactive ketones (excluding diaryl/α,β-unsaturated/α-hetero) is 1. The molecule has 0 atom stereocenters. The summed E-state index contributed by atoms with van der Waals surface area (Å²) >= 11 is 0. The number of carbonyl (C=O) groups excluding carboxylic acids is 2. The van der Waals surface area contributed by atoms with Crippen LogP contribution in [0.25, 0.3) is 5.69 Å². The van der Waals surface area contributed by atoms with E-state index in [1.165, 1.54) is 5.56 Å². The molecule has 37 heavy (non-hydrogen) atoms. The van der Waals surface area contributed by atoms with E-state index in [1.807, 2.05) is 62.4 Å². The molecular formula is C30H31N5O2. The van der Waals surface area contributed by atoms with Crippen molar-refractivity contribution in [2.45, 2.75) is 20.8 Å². The largest absolute Gasteiger partial charge is 0.368 e. The Kier molecular flexibility index (Phi) is 6.77. The van der Waals surface area contributed by atoms with Crippen LogP contribution in [0.3, 0.4) is 0 Å². The first-order chi connectivity index (χ1) is 17.9. The Morgan fingerprint density at radius 3 is 2.19 bits per heavy atom. The first-order valence-electron chi connectivity index (χ1n) is 12.5. The Morgan fingerprint density at radius 1 is 0.757 bits per heavy atom. The molecule has 1 aliphatic heterocycles. The monoisotopic (exact) mass is 493 g/mol. The minimum Gasteiger partial charge on any atom is -0.368 e. The van der Waals surface area contributed by atoms with E-state index in [0.717, 1.165) is 54.6 Å². The number of nitrogens with zero attached hydrogens (tertiary/aromatic N) is 4. The summed E-state index contributed by atoms with van der Waals surface area (Å²) in [4.78, 5) is 35.1. The van der Waals surface area contributed by atoms with Gasteiger partial charge in [-0.2, -0.15) is 0 Å². The molecule has 5 rings (SSSR count). The molecule has 0 radical (unpaired) electrons. The average Bonchev–Trinajstić information content (AvgIpc) is 3.38. The van der Waals surface area contributed by atoms with E-state index in [-0.39, 0.29) is 0 Å². The summed E-state index contributed by atoms with van der Waals surface area (Å²) in [7, 11) is 0. The third-order valence-corrected chi connectivity index (χ3v) is 6.65. The van der Waals surface area contributed by atoms with Gasteiger partial charge in [-0.05, 0) is 92.6 Å². The van der Waals surface area contributed by atoms with Crippen molar-refractivity contribution in [2.75, 3.05) is 41.3 Å². The molecule has 0 bridgehead atoms. The van der Waals surface area contributed by atoms with E-state index in [4.69, 9.17) is 4.98 Å². The molecule has 7 nitrogen and oxygen atoms in total. The Labute approximate surface area is 217 Å². The van der Waals surface area contributed by atoms with Crippen LogP contribution in [0.2, 0.25) is 0 Å². The molecular weight excluding hydrogens is 462 g/mol. The zero-order chi connectivity index (χ0) is 25.9. The fraction of sp³-hybridized carbons (Fsp3) is 0.233. The fourth-order valence-corrected chi connectivity index (χ4v) is 4.80. The van der Waals surface area contributed by atoms with Gasteiger partial charge >= 0.3 is 0 Å². The van der Waals surface area contributed by atoms with Gasteiger partial charge < -0.3 is 19.7 Å². The Bertz CT molecular complexity index is 1410. The summed E-state index contributed by atoms with van der Waals surface area (Å²) in [6, 6.07) is 23.2. The number of rotatable bonds is 6. The maximum Gasteiger partial charge on any atom is 0.298 e. The minimum atomic E-state index is -0.657. The molecule has 1 fully saturated rings. The SMILES string of the molecule is Cc1cccc(-n2cccc2C(=O)C(=O)Nc2ccc(N3CCN(c4cc(C)cc(C)n4)CC3)cc2)c1. The molecule has 188 valence electrons. The third-order valence-electron chi connectivity index (χ3n) is 6.65. The van der Waals surface area contributed by atoms with Gasteiger partial charge in [0.15, 0.2) is 0 Å². The molecule has 2 aromatic heterocycles. The summed E-state index contributed by atoms with van der Waals surface area (Å²) < 4.78 is 1.74. The van der Waals surface area contributed by atoms with Crippen LogP contribution in [0.1, 0.15) is 27.3 Å². The predicted octanol–water partition coefficient (Wildman–Crippen LogP) is 4.95. The van der Waals surface area contributed by atoms with Gasteiger partial charge in [0, 0.05) is 55.1 Å². The van der Waals surface area contributed by atoms with Crippen LogP contribution >= 0.6 is 0 Å². The minimum absolute atomic E-state index is 0.330. The molecule has 1 N–H and O–H groups in total. The first kappa shape index (κ1) is 24.3. The van der Waals surface area contributed by atoms with Crippen LogP contribution in [-0.2, 0) is 4.79 Å². The summed E-state index contributed by atoms with van der Waals surface area (Å²) in [5, 5.41) is 2.75. The Hall–Kier alpha value is -4.39. The molecule has 0 saturated carbocycles. The van der Waals surface area contributed by atoms with Crippen molar-refractivity contribution in [3.63, 3.8) is 0 Å². The number of piperazine rings is 1. The van der Waals surface area contributed by atoms with Crippen LogP contribution in [0, 0.1) is 20.8 Å². The van der Waals surface area contributed by atoms with Crippen LogP contribution in [0.4, 0.5) is 17.2 Å². The van der Waals surface area contributed by atoms with Crippen molar-refractivity contribution in [2.24, 2.45) is 0 Å². The number of aromatic nitrogens is 2. The van der Waals surface area contributed by atoms with Crippen LogP contribution < -0.4 is 15.1 Å². The number of ketones is 1. The fourth-order valence-electron chi connectivity index (χ4n) is 4.80. The number of pyridine rings is 1. The summed E-state index contributed by atoms with van der Waals surface area (Å²) in [6.45, 7) is 9.68. The second-order valence-electron chi connectivity index (χ2n) is 9.55. The molecule has 4 aromatic rings. The van der Waals surface area contributed by atoms with Crippen molar-refractivity contribution in [3.8, 4) is 5.69 Å². The lowest BCUT2D eigenvalue weighted by Gasteiger charge is -2.37. The Balaban J connectivity index is 1.20. The van der Waals surface area contributed by atoms with Gasteiger partial charge in [0.1, 0.15) is 5.82 Å². The van der Waals surface area contributed by atoms with Crippen molar-refractivity contribution in [3.05, 3.63) is 102 Å². The van der Waals surface area contributed by atoms with Crippen molar-refractivity contribution in [1.82, 2.24) is 9.55 Å². The molecule has 1 saturated heterocycles. The molecule has 0 aliphatic carbocycles. The molecule has 7 heteroatoms. The number of benzene rings is 2. The van der Waals surface area contributed by atoms with Gasteiger partial charge in [-0.25, -0.2) is 4.98 Å². The van der Waals surface area contributed by atoms with Gasteiger partial charge in [0.25, 0.3) is 11.7 Å². The number of amides is 1. The van der Waals surface area contributed by atoms with E-state index in [2.05, 4.69) is 34.2 Å². The van der Waals surface area contributed by atoms with Gasteiger partial charge in [0.2, 0.25) is 0 Å². The number of anilines is 3. The number of hydrogen-bond acceptors (Lipinski definition) is 5. The topological polar surface area (TPSA) is 70.5 Å². The number of nitrogens with one attached hydrogen (secondary N) is 1. The summed E-state index contributed by atoms with van der Waals surface area (Å²) in [5.74, 6) is -0.199. The molecule has 2 aromatic carbocycles. The highest BCUT2D eigenvalue weighted by molar-refractivity contribution is 6.46. The lowest BCUT2D eigenvalue weighted by atomic mass is 10.2. The lowest BCUT2D eigenvalue weighted by molar-refractivity contribution is -0.112. The van der Waals surface area contributed by atoms with Gasteiger partial charge in [-0.15, -0.1) is 0 Å². The number of carbonyl (C=O) groups is 2. The standard InChI is InChI=1S/C30H31N5O2/c1-21-6-4-7-26(19-21)35-13-5-8-27(35)29(36)30(37)32-24-9-11-25(12-10-24)33-14-16-34(17-15-33)28-20-22(2)18-23(3)31-28/h4-13,18-20H,14-17H2,1-3H3,(H,32,37). The summed E-state index contributed by atoms with van der Waals surface area (Å²) in [5.41, 5.74) is 6.20. The highest BCUT2D eigenvalue weighted by Gasteiger charge is 2.22. The quantitative estimate of drug-likeness (QED) is 0.304. The summed E-state index contributed by atoms with van der Waals surface area (Å²) in [6.07, 6.45) is 1.79. The zero-order valence-corrected chi connectivity index (χ0v) is 21.4. The molecule has 1 aliphatic rings. The highest BCUT2D eigenvalue weighted by Crippen LogP contribution is 2.23. The van der Waals surface area contributed by atoms with Crippen molar-refractivity contribution >= 4 is 28.9 Å². The normalized spacial score (nSPS) is 13.5. The Morgan fingerprint density at radius 2 is 1.49 bits per heavy atom. The zero-order valence-electron chi connectivity index (χ0n) is 21.4. The second-order valence-corrected chi connectivity index (χ2v) is 9.55. The van der Waals surface area contributed by atoms with E-state index in [0.29, 0.717) is 11.4 Å². The number of aryl methyl sites for hydroxylation is 3. The average molecular weight is 494 g/mol. The highest BCUT2D eigenvalue weighted by atomic mass is 16.2. The van der Waals surface area contributed by atoms with Crippen LogP contribution in [0.15, 0.2) is 79.0 Å². The van der Waals surface area contributed by atoms with Crippen molar-refractivity contribution in [1.29, 1.82) is 0 Å². The van der Waals surface area contributed by atoms with E-state index in [1.54, 1.807) is 22.9 Å². The molecule has 1 amide bonds. The molecule has 0 spiro atoms. The van der Waals surface area contributed by atoms with E-state index < -0.39 is 11.7 Å². The van der Waals surface area contributed by atoms with Crippen molar-refractivity contribution < 1.29 is 9.59 Å². The predicted molar refractivity (Wildman–Crippen MR) is 148 cm³/mol. The third kappa shape index (κ3) is 5.40.